The number of piperazine rings is 1. The molecule has 0 radical (unpaired) electrons. The second-order valence-corrected chi connectivity index (χ2v) is 9.35. The van der Waals surface area contributed by atoms with E-state index in [0.717, 1.165) is 51.3 Å². The van der Waals surface area contributed by atoms with Crippen LogP contribution in [0.1, 0.15) is 51.3 Å². The molecule has 3 heterocycles. The van der Waals surface area contributed by atoms with Crippen molar-refractivity contribution in [3.05, 3.63) is 54.0 Å². The van der Waals surface area contributed by atoms with Crippen molar-refractivity contribution in [2.24, 2.45) is 5.92 Å². The van der Waals surface area contributed by atoms with Gasteiger partial charge >= 0.3 is 12.3 Å². The molecule has 0 spiro atoms. The largest absolute Gasteiger partial charge is 0.449 e. The van der Waals surface area contributed by atoms with Crippen LogP contribution in [0.25, 0.3) is 0 Å². The maximum Gasteiger partial charge on any atom is 0.434 e. The fraction of sp³-hybridized carbons (Fsp3) is 0.593. The lowest BCUT2D eigenvalue weighted by atomic mass is 9.93. The summed E-state index contributed by atoms with van der Waals surface area (Å²) in [4.78, 5) is 26.0. The maximum atomic E-state index is 12.7. The molecule has 7 nitrogen and oxygen atoms in total. The van der Waals surface area contributed by atoms with Crippen LogP contribution in [0.15, 0.2) is 42.7 Å². The van der Waals surface area contributed by atoms with Crippen LogP contribution in [0.2, 0.25) is 0 Å². The number of piperidine rings is 1. The van der Waals surface area contributed by atoms with Gasteiger partial charge in [0.2, 0.25) is 0 Å². The lowest BCUT2D eigenvalue weighted by molar-refractivity contribution is -0.141. The number of carbonyl (C=O) groups is 1. The zero-order chi connectivity index (χ0) is 26.8. The molecule has 37 heavy (non-hydrogen) atoms. The van der Waals surface area contributed by atoms with Crippen LogP contribution in [0.3, 0.4) is 0 Å². The molecule has 2 saturated heterocycles. The van der Waals surface area contributed by atoms with Crippen molar-refractivity contribution in [1.29, 1.82) is 0 Å². The summed E-state index contributed by atoms with van der Waals surface area (Å²) in [5.74, 6) is 0.929. The Morgan fingerprint density at radius 3 is 2.32 bits per heavy atom. The first-order chi connectivity index (χ1) is 17.8. The first kappa shape index (κ1) is 28.7. The highest BCUT2D eigenvalue weighted by Gasteiger charge is 2.34. The number of ether oxygens (including phenoxy) is 1. The summed E-state index contributed by atoms with van der Waals surface area (Å²) in [6.45, 7) is 10.7. The first-order valence-electron chi connectivity index (χ1n) is 13.1. The quantitative estimate of drug-likeness (QED) is 0.502. The summed E-state index contributed by atoms with van der Waals surface area (Å²) in [7, 11) is 0. The summed E-state index contributed by atoms with van der Waals surface area (Å²) >= 11 is 0. The number of halogens is 3. The van der Waals surface area contributed by atoms with E-state index in [1.54, 1.807) is 4.90 Å². The zero-order valence-corrected chi connectivity index (χ0v) is 22.0. The van der Waals surface area contributed by atoms with Crippen molar-refractivity contribution in [2.45, 2.75) is 58.8 Å². The molecule has 0 aliphatic carbocycles. The number of amides is 1. The Labute approximate surface area is 217 Å². The number of hydrogen-bond acceptors (Lipinski definition) is 6. The molecule has 4 rings (SSSR count). The smallest absolute Gasteiger partial charge is 0.434 e. The SMILES string of the molecule is CC.CC1CN(c2cnc(C(F)(F)F)cn2)CCN1C(=O)OCCC1CCN(Cc2ccccc2)CC1. The molecule has 2 fully saturated rings. The van der Waals surface area contributed by atoms with Gasteiger partial charge in [0.1, 0.15) is 5.82 Å². The average Bonchev–Trinajstić information content (AvgIpc) is 2.91. The summed E-state index contributed by atoms with van der Waals surface area (Å²) in [5.41, 5.74) is 0.317. The van der Waals surface area contributed by atoms with E-state index in [4.69, 9.17) is 4.74 Å². The molecule has 1 aromatic carbocycles. The number of nitrogens with zero attached hydrogens (tertiary/aromatic N) is 5. The van der Waals surface area contributed by atoms with Gasteiger partial charge in [-0.25, -0.2) is 14.8 Å². The van der Waals surface area contributed by atoms with Gasteiger partial charge in [0.25, 0.3) is 0 Å². The van der Waals surface area contributed by atoms with Crippen LogP contribution in [-0.2, 0) is 17.5 Å². The topological polar surface area (TPSA) is 61.8 Å². The second kappa shape index (κ2) is 13.6. The van der Waals surface area contributed by atoms with Crippen molar-refractivity contribution in [1.82, 2.24) is 19.8 Å². The Morgan fingerprint density at radius 2 is 1.73 bits per heavy atom. The number of benzene rings is 1. The van der Waals surface area contributed by atoms with Gasteiger partial charge in [-0.3, -0.25) is 4.90 Å². The maximum absolute atomic E-state index is 12.7. The van der Waals surface area contributed by atoms with Gasteiger partial charge in [-0.05, 0) is 50.8 Å². The van der Waals surface area contributed by atoms with Gasteiger partial charge in [0, 0.05) is 32.2 Å². The summed E-state index contributed by atoms with van der Waals surface area (Å²) in [6.07, 6.45) is 0.0981. The molecule has 2 aliphatic heterocycles. The van der Waals surface area contributed by atoms with Gasteiger partial charge in [-0.1, -0.05) is 44.2 Å². The highest BCUT2D eigenvalue weighted by atomic mass is 19.4. The van der Waals surface area contributed by atoms with Crippen molar-refractivity contribution < 1.29 is 22.7 Å². The minimum atomic E-state index is -4.51. The Balaban J connectivity index is 0.00000186. The van der Waals surface area contributed by atoms with Crippen molar-refractivity contribution in [2.75, 3.05) is 44.2 Å². The highest BCUT2D eigenvalue weighted by molar-refractivity contribution is 5.68. The molecule has 1 aromatic heterocycles. The van der Waals surface area contributed by atoms with E-state index in [1.807, 2.05) is 31.7 Å². The first-order valence-corrected chi connectivity index (χ1v) is 13.1. The van der Waals surface area contributed by atoms with Crippen LogP contribution in [0, 0.1) is 5.92 Å². The van der Waals surface area contributed by atoms with E-state index in [1.165, 1.54) is 5.56 Å². The van der Waals surface area contributed by atoms with Gasteiger partial charge in [0.15, 0.2) is 5.69 Å². The molecular formula is C27H38F3N5O2. The van der Waals surface area contributed by atoms with Gasteiger partial charge in [-0.15, -0.1) is 0 Å². The normalized spacial score (nSPS) is 19.2. The molecule has 0 N–H and O–H groups in total. The third-order valence-corrected chi connectivity index (χ3v) is 6.82. The van der Waals surface area contributed by atoms with Crippen molar-refractivity contribution in [3.8, 4) is 0 Å². The molecule has 0 saturated carbocycles. The third kappa shape index (κ3) is 8.31. The van der Waals surface area contributed by atoms with E-state index < -0.39 is 11.9 Å². The van der Waals surface area contributed by atoms with Crippen LogP contribution in [0.5, 0.6) is 0 Å². The van der Waals surface area contributed by atoms with Crippen molar-refractivity contribution in [3.63, 3.8) is 0 Å². The molecule has 1 amide bonds. The number of aromatic nitrogens is 2. The highest BCUT2D eigenvalue weighted by Crippen LogP contribution is 2.28. The minimum Gasteiger partial charge on any atom is -0.449 e. The summed E-state index contributed by atoms with van der Waals surface area (Å²) in [5, 5.41) is 0. The predicted molar refractivity (Wildman–Crippen MR) is 137 cm³/mol. The van der Waals surface area contributed by atoms with Crippen LogP contribution >= 0.6 is 0 Å². The summed E-state index contributed by atoms with van der Waals surface area (Å²) in [6, 6.07) is 10.3. The second-order valence-electron chi connectivity index (χ2n) is 9.35. The minimum absolute atomic E-state index is 0.151. The molecular weight excluding hydrogens is 483 g/mol. The van der Waals surface area contributed by atoms with Crippen LogP contribution in [0.4, 0.5) is 23.8 Å². The zero-order valence-electron chi connectivity index (χ0n) is 22.0. The van der Waals surface area contributed by atoms with E-state index in [2.05, 4.69) is 39.1 Å². The molecule has 2 aromatic rings. The number of anilines is 1. The monoisotopic (exact) mass is 521 g/mol. The average molecular weight is 522 g/mol. The molecule has 1 atom stereocenters. The van der Waals surface area contributed by atoms with E-state index in [9.17, 15) is 18.0 Å². The Kier molecular flexibility index (Phi) is 10.5. The number of alkyl halides is 3. The van der Waals surface area contributed by atoms with E-state index >= 15 is 0 Å². The fourth-order valence-corrected chi connectivity index (χ4v) is 4.74. The fourth-order valence-electron chi connectivity index (χ4n) is 4.74. The van der Waals surface area contributed by atoms with Gasteiger partial charge < -0.3 is 14.5 Å². The lowest BCUT2D eigenvalue weighted by Crippen LogP contribution is -2.54. The van der Waals surface area contributed by atoms with E-state index in [0.29, 0.717) is 38.0 Å². The molecule has 204 valence electrons. The third-order valence-electron chi connectivity index (χ3n) is 6.82. The molecule has 1 unspecified atom stereocenters. The predicted octanol–water partition coefficient (Wildman–Crippen LogP) is 5.47. The van der Waals surface area contributed by atoms with Crippen LogP contribution < -0.4 is 4.90 Å². The molecule has 10 heteroatoms. The summed E-state index contributed by atoms with van der Waals surface area (Å²) < 4.78 is 43.7. The number of carbonyl (C=O) groups excluding carboxylic acids is 1. The molecule has 2 aliphatic rings. The lowest BCUT2D eigenvalue weighted by Gasteiger charge is -2.39. The Bertz CT molecular complexity index is 951. The van der Waals surface area contributed by atoms with E-state index in [-0.39, 0.29) is 12.1 Å². The van der Waals surface area contributed by atoms with Crippen LogP contribution in [-0.4, -0.2) is 71.2 Å². The molecule has 0 bridgehead atoms. The Hall–Kier alpha value is -2.88. The standard InChI is InChI=1S/C25H32F3N5O2.C2H6/c1-19-17-32(23-16-29-22(15-30-23)25(26,27)28)12-13-33(19)24(34)35-14-9-20-7-10-31(11-8-20)18-21-5-3-2-4-6-21;1-2/h2-6,15-16,19-20H,7-14,17-18H2,1H3;1-2H3. The number of likely N-dealkylation sites (tertiary alicyclic amines) is 1. The van der Waals surface area contributed by atoms with Gasteiger partial charge in [0.05, 0.1) is 19.0 Å². The number of hydrogen-bond donors (Lipinski definition) is 0. The van der Waals surface area contributed by atoms with Gasteiger partial charge in [-0.2, -0.15) is 13.2 Å². The number of rotatable bonds is 6. The Morgan fingerprint density at radius 1 is 1.03 bits per heavy atom. The van der Waals surface area contributed by atoms with Crippen molar-refractivity contribution >= 4 is 11.9 Å².